The Morgan fingerprint density at radius 3 is 2.74 bits per heavy atom. The second kappa shape index (κ2) is 4.27. The Balaban J connectivity index is 2.54. The minimum atomic E-state index is -0.955. The highest BCUT2D eigenvalue weighted by Gasteiger charge is 2.25. The molecule has 0 radical (unpaired) electrons. The largest absolute Gasteiger partial charge is 0.397 e. The lowest BCUT2D eigenvalue weighted by atomic mass is 10.0. The molecule has 0 aliphatic heterocycles. The summed E-state index contributed by atoms with van der Waals surface area (Å²) in [6.45, 7) is 3.29. The van der Waals surface area contributed by atoms with Crippen molar-refractivity contribution in [3.63, 3.8) is 0 Å². The molecule has 0 saturated heterocycles. The van der Waals surface area contributed by atoms with E-state index in [0.29, 0.717) is 22.3 Å². The van der Waals surface area contributed by atoms with Gasteiger partial charge in [-0.1, -0.05) is 0 Å². The van der Waals surface area contributed by atoms with Gasteiger partial charge in [0.2, 0.25) is 5.91 Å². The maximum Gasteiger partial charge on any atom is 0.258 e. The van der Waals surface area contributed by atoms with Gasteiger partial charge in [0.1, 0.15) is 5.54 Å². The van der Waals surface area contributed by atoms with Crippen molar-refractivity contribution in [2.24, 2.45) is 5.73 Å². The summed E-state index contributed by atoms with van der Waals surface area (Å²) in [7, 11) is 0. The van der Waals surface area contributed by atoms with Gasteiger partial charge in [0.05, 0.1) is 28.6 Å². The van der Waals surface area contributed by atoms with Crippen LogP contribution in [0.5, 0.6) is 0 Å². The summed E-state index contributed by atoms with van der Waals surface area (Å²) in [6.07, 6.45) is 1.31. The van der Waals surface area contributed by atoms with Crippen molar-refractivity contribution in [3.8, 4) is 0 Å². The van der Waals surface area contributed by atoms with Gasteiger partial charge in [-0.05, 0) is 26.0 Å². The fourth-order valence-electron chi connectivity index (χ4n) is 1.64. The molecule has 1 heterocycles. The van der Waals surface area contributed by atoms with Crippen molar-refractivity contribution in [2.75, 3.05) is 11.1 Å². The Hall–Kier alpha value is -2.57. The number of rotatable bonds is 3. The minimum Gasteiger partial charge on any atom is -0.397 e. The summed E-state index contributed by atoms with van der Waals surface area (Å²) in [5.41, 5.74) is 11.3. The first-order valence-corrected chi connectivity index (χ1v) is 5.66. The highest BCUT2D eigenvalue weighted by molar-refractivity contribution is 5.92. The number of carbonyl (C=O) groups excluding carboxylic acids is 1. The molecule has 7 heteroatoms. The molecule has 0 bridgehead atoms. The van der Waals surface area contributed by atoms with E-state index < -0.39 is 11.4 Å². The number of hydrogen-bond donors (Lipinski definition) is 4. The number of fused-ring (bicyclic) bond motifs is 1. The lowest BCUT2D eigenvalue weighted by molar-refractivity contribution is -0.121. The number of nitrogen functional groups attached to an aromatic ring is 1. The fourth-order valence-corrected chi connectivity index (χ4v) is 1.64. The average molecular weight is 261 g/mol. The molecule has 100 valence electrons. The first-order chi connectivity index (χ1) is 8.81. The molecular weight excluding hydrogens is 246 g/mol. The first-order valence-electron chi connectivity index (χ1n) is 5.66. The van der Waals surface area contributed by atoms with E-state index in [4.69, 9.17) is 11.5 Å². The van der Waals surface area contributed by atoms with Crippen molar-refractivity contribution in [1.82, 2.24) is 9.97 Å². The summed E-state index contributed by atoms with van der Waals surface area (Å²) in [6, 6.07) is 3.13. The van der Waals surface area contributed by atoms with Crippen LogP contribution in [0, 0.1) is 0 Å². The number of nitrogens with zero attached hydrogens (tertiary/aromatic N) is 1. The van der Waals surface area contributed by atoms with E-state index in [1.807, 2.05) is 0 Å². The van der Waals surface area contributed by atoms with Gasteiger partial charge in [0.15, 0.2) is 0 Å². The monoisotopic (exact) mass is 261 g/mol. The van der Waals surface area contributed by atoms with Gasteiger partial charge >= 0.3 is 0 Å². The molecule has 0 atom stereocenters. The number of primary amides is 1. The minimum absolute atomic E-state index is 0.266. The molecule has 0 fully saturated rings. The molecule has 0 saturated carbocycles. The van der Waals surface area contributed by atoms with Crippen LogP contribution in [0.4, 0.5) is 11.4 Å². The van der Waals surface area contributed by atoms with E-state index in [9.17, 15) is 9.59 Å². The summed E-state index contributed by atoms with van der Waals surface area (Å²) in [5.74, 6) is -0.508. The predicted molar refractivity (Wildman–Crippen MR) is 73.7 cm³/mol. The normalized spacial score (nSPS) is 11.5. The summed E-state index contributed by atoms with van der Waals surface area (Å²) in [4.78, 5) is 29.4. The number of anilines is 2. The number of nitrogens with one attached hydrogen (secondary N) is 2. The number of aromatic nitrogens is 2. The van der Waals surface area contributed by atoms with Crippen LogP contribution in [-0.2, 0) is 4.79 Å². The second-order valence-corrected chi connectivity index (χ2v) is 4.80. The van der Waals surface area contributed by atoms with Crippen LogP contribution in [0.15, 0.2) is 23.3 Å². The molecule has 1 amide bonds. The van der Waals surface area contributed by atoms with Crippen LogP contribution in [0.2, 0.25) is 0 Å². The Labute approximate surface area is 109 Å². The summed E-state index contributed by atoms with van der Waals surface area (Å²) >= 11 is 0. The van der Waals surface area contributed by atoms with E-state index in [2.05, 4.69) is 15.3 Å². The third-order valence-corrected chi connectivity index (χ3v) is 2.87. The molecular formula is C12H15N5O2. The molecule has 0 aliphatic rings. The summed E-state index contributed by atoms with van der Waals surface area (Å²) in [5, 5.41) is 3.34. The molecule has 1 aromatic heterocycles. The fraction of sp³-hybridized carbons (Fsp3) is 0.250. The number of aromatic amines is 1. The van der Waals surface area contributed by atoms with Crippen LogP contribution in [0.3, 0.4) is 0 Å². The lowest BCUT2D eigenvalue weighted by Gasteiger charge is -2.24. The molecule has 6 N–H and O–H groups in total. The van der Waals surface area contributed by atoms with Crippen molar-refractivity contribution in [1.29, 1.82) is 0 Å². The number of benzene rings is 1. The third-order valence-electron chi connectivity index (χ3n) is 2.87. The Kier molecular flexibility index (Phi) is 2.89. The van der Waals surface area contributed by atoms with E-state index >= 15 is 0 Å². The SMILES string of the molecule is CC(C)(Nc1cc2nc[nH]c(=O)c2cc1N)C(N)=O. The van der Waals surface area contributed by atoms with Gasteiger partial charge in [0, 0.05) is 0 Å². The van der Waals surface area contributed by atoms with Crippen LogP contribution in [0.25, 0.3) is 10.9 Å². The van der Waals surface area contributed by atoms with E-state index in [1.54, 1.807) is 19.9 Å². The van der Waals surface area contributed by atoms with Crippen molar-refractivity contribution in [3.05, 3.63) is 28.8 Å². The number of hydrogen-bond acceptors (Lipinski definition) is 5. The molecule has 19 heavy (non-hydrogen) atoms. The highest BCUT2D eigenvalue weighted by Crippen LogP contribution is 2.25. The van der Waals surface area contributed by atoms with Gasteiger partial charge in [0.25, 0.3) is 5.56 Å². The van der Waals surface area contributed by atoms with E-state index in [-0.39, 0.29) is 5.56 Å². The molecule has 2 aromatic rings. The van der Waals surface area contributed by atoms with Crippen molar-refractivity contribution < 1.29 is 4.79 Å². The lowest BCUT2D eigenvalue weighted by Crippen LogP contribution is -2.45. The van der Waals surface area contributed by atoms with Gasteiger partial charge in [-0.2, -0.15) is 0 Å². The van der Waals surface area contributed by atoms with Gasteiger partial charge < -0.3 is 21.8 Å². The Morgan fingerprint density at radius 1 is 1.42 bits per heavy atom. The molecule has 1 aromatic carbocycles. The number of H-pyrrole nitrogens is 1. The molecule has 0 aliphatic carbocycles. The van der Waals surface area contributed by atoms with Gasteiger partial charge in [-0.3, -0.25) is 9.59 Å². The highest BCUT2D eigenvalue weighted by atomic mass is 16.1. The quantitative estimate of drug-likeness (QED) is 0.586. The number of nitrogens with two attached hydrogens (primary N) is 2. The zero-order valence-corrected chi connectivity index (χ0v) is 10.7. The maximum atomic E-state index is 11.6. The predicted octanol–water partition coefficient (Wildman–Crippen LogP) is 0.181. The molecule has 0 unspecified atom stereocenters. The van der Waals surface area contributed by atoms with Crippen LogP contribution < -0.4 is 22.3 Å². The Bertz CT molecular complexity index is 705. The Morgan fingerprint density at radius 2 is 2.11 bits per heavy atom. The number of amides is 1. The third kappa shape index (κ3) is 2.35. The van der Waals surface area contributed by atoms with Crippen LogP contribution in [0.1, 0.15) is 13.8 Å². The van der Waals surface area contributed by atoms with Crippen molar-refractivity contribution >= 4 is 28.2 Å². The second-order valence-electron chi connectivity index (χ2n) is 4.80. The zero-order chi connectivity index (χ0) is 14.2. The number of carbonyl (C=O) groups is 1. The zero-order valence-electron chi connectivity index (χ0n) is 10.7. The van der Waals surface area contributed by atoms with Crippen molar-refractivity contribution in [2.45, 2.75) is 19.4 Å². The summed E-state index contributed by atoms with van der Waals surface area (Å²) < 4.78 is 0. The van der Waals surface area contributed by atoms with Crippen LogP contribution >= 0.6 is 0 Å². The maximum absolute atomic E-state index is 11.6. The molecule has 0 spiro atoms. The first kappa shape index (κ1) is 12.9. The average Bonchev–Trinajstić information content (AvgIpc) is 2.31. The standard InChI is InChI=1S/C12H15N5O2/c1-12(2,11(14)19)17-9-4-8-6(3-7(9)13)10(18)16-5-15-8/h3-5,17H,13H2,1-2H3,(H2,14,19)(H,15,16,18). The topological polar surface area (TPSA) is 127 Å². The smallest absolute Gasteiger partial charge is 0.258 e. The van der Waals surface area contributed by atoms with E-state index in [1.165, 1.54) is 12.4 Å². The molecule has 2 rings (SSSR count). The van der Waals surface area contributed by atoms with Gasteiger partial charge in [-0.15, -0.1) is 0 Å². The molecule has 7 nitrogen and oxygen atoms in total. The van der Waals surface area contributed by atoms with E-state index in [0.717, 1.165) is 0 Å². The van der Waals surface area contributed by atoms with Crippen LogP contribution in [-0.4, -0.2) is 21.4 Å². The van der Waals surface area contributed by atoms with Gasteiger partial charge in [-0.25, -0.2) is 4.98 Å².